The molecule has 0 N–H and O–H groups in total. The molecule has 5 nitrogen and oxygen atoms in total. The maximum Gasteiger partial charge on any atom is 0.318 e. The Bertz CT molecular complexity index is 1020. The van der Waals surface area contributed by atoms with Gasteiger partial charge >= 0.3 is 5.97 Å². The van der Waals surface area contributed by atoms with Crippen molar-refractivity contribution in [1.29, 1.82) is 5.26 Å². The number of nitriles is 1. The molecule has 0 unspecified atom stereocenters. The van der Waals surface area contributed by atoms with Crippen LogP contribution in [0, 0.1) is 30.6 Å². The highest BCUT2D eigenvalue weighted by Gasteiger charge is 2.32. The van der Waals surface area contributed by atoms with Gasteiger partial charge in [0.15, 0.2) is 5.76 Å². The quantitative estimate of drug-likeness (QED) is 0.272. The van der Waals surface area contributed by atoms with Crippen LogP contribution >= 0.6 is 11.6 Å². The van der Waals surface area contributed by atoms with Crippen LogP contribution in [0.25, 0.3) is 11.3 Å². The zero-order valence-corrected chi connectivity index (χ0v) is 19.8. The van der Waals surface area contributed by atoms with Gasteiger partial charge in [0.25, 0.3) is 0 Å². The summed E-state index contributed by atoms with van der Waals surface area (Å²) < 4.78 is 7.49. The molecule has 2 aromatic rings. The average Bonchev–Trinajstić information content (AvgIpc) is 2.92. The van der Waals surface area contributed by atoms with Gasteiger partial charge in [-0.05, 0) is 44.2 Å². The number of allylic oxidation sites excluding steroid dienone is 1. The molecule has 1 aromatic carbocycles. The molecule has 0 spiro atoms. The maximum atomic E-state index is 12.9. The summed E-state index contributed by atoms with van der Waals surface area (Å²) in [5, 5.41) is 14.5. The lowest BCUT2D eigenvalue weighted by molar-refractivity contribution is -0.145. The predicted molar refractivity (Wildman–Crippen MR) is 121 cm³/mol. The van der Waals surface area contributed by atoms with Gasteiger partial charge in [-0.3, -0.25) is 9.48 Å². The lowest BCUT2D eigenvalue weighted by atomic mass is 9.86. The highest BCUT2D eigenvalue weighted by Crippen LogP contribution is 2.33. The lowest BCUT2D eigenvalue weighted by Crippen LogP contribution is -2.28. The maximum absolute atomic E-state index is 12.9. The van der Waals surface area contributed by atoms with Crippen LogP contribution in [-0.4, -0.2) is 21.6 Å². The number of hydrogen-bond donors (Lipinski definition) is 0. The van der Waals surface area contributed by atoms with E-state index in [2.05, 4.69) is 31.9 Å². The molecule has 0 aliphatic heterocycles. The second-order valence-electron chi connectivity index (χ2n) is 9.23. The van der Waals surface area contributed by atoms with Crippen molar-refractivity contribution >= 4 is 28.9 Å². The number of alkyl halides is 1. The Hall–Kier alpha value is -2.58. The van der Waals surface area contributed by atoms with Crippen molar-refractivity contribution in [2.45, 2.75) is 53.9 Å². The van der Waals surface area contributed by atoms with Gasteiger partial charge in [0.05, 0.1) is 11.1 Å². The largest absolute Gasteiger partial charge is 0.422 e. The number of carbonyl (C=O) groups is 1. The van der Waals surface area contributed by atoms with E-state index in [0.717, 1.165) is 16.8 Å². The number of benzene rings is 1. The number of aromatic nitrogens is 2. The van der Waals surface area contributed by atoms with Crippen molar-refractivity contribution in [1.82, 2.24) is 9.78 Å². The summed E-state index contributed by atoms with van der Waals surface area (Å²) in [6.45, 7) is 13.6. The van der Waals surface area contributed by atoms with E-state index in [4.69, 9.17) is 16.3 Å². The van der Waals surface area contributed by atoms with Gasteiger partial charge in [0.1, 0.15) is 17.3 Å². The van der Waals surface area contributed by atoms with Crippen LogP contribution in [0.15, 0.2) is 24.3 Å². The van der Waals surface area contributed by atoms with Gasteiger partial charge in [-0.1, -0.05) is 45.0 Å². The second-order valence-corrected chi connectivity index (χ2v) is 9.50. The van der Waals surface area contributed by atoms with E-state index in [9.17, 15) is 10.1 Å². The van der Waals surface area contributed by atoms with Crippen molar-refractivity contribution in [3.8, 4) is 6.07 Å². The van der Waals surface area contributed by atoms with E-state index in [1.165, 1.54) is 0 Å². The Kier molecular flexibility index (Phi) is 6.83. The Morgan fingerprint density at radius 2 is 1.73 bits per heavy atom. The van der Waals surface area contributed by atoms with E-state index in [0.29, 0.717) is 11.3 Å². The summed E-state index contributed by atoms with van der Waals surface area (Å²) in [4.78, 5) is 12.9. The summed E-state index contributed by atoms with van der Waals surface area (Å²) in [5.74, 6) is -0.195. The normalized spacial score (nSPS) is 12.9. The van der Waals surface area contributed by atoms with Gasteiger partial charge in [-0.15, -0.1) is 11.6 Å². The summed E-state index contributed by atoms with van der Waals surface area (Å²) >= 11 is 5.98. The minimum Gasteiger partial charge on any atom is -0.422 e. The number of nitrogens with zero attached hydrogens (tertiary/aromatic N) is 3. The average molecular weight is 428 g/mol. The minimum absolute atomic E-state index is 0.00947. The fourth-order valence-corrected chi connectivity index (χ4v) is 3.08. The monoisotopic (exact) mass is 427 g/mol. The number of hydrogen-bond acceptors (Lipinski definition) is 4. The van der Waals surface area contributed by atoms with Crippen LogP contribution in [0.2, 0.25) is 0 Å². The smallest absolute Gasteiger partial charge is 0.318 e. The first kappa shape index (κ1) is 23.7. The van der Waals surface area contributed by atoms with E-state index in [1.807, 2.05) is 38.1 Å². The van der Waals surface area contributed by atoms with Crippen molar-refractivity contribution in [2.24, 2.45) is 12.5 Å². The molecular weight excluding hydrogens is 398 g/mol. The topological polar surface area (TPSA) is 67.9 Å². The molecule has 2 rings (SSSR count). The van der Waals surface area contributed by atoms with Gasteiger partial charge in [0, 0.05) is 18.5 Å². The Balaban J connectivity index is 2.73. The molecule has 30 heavy (non-hydrogen) atoms. The molecule has 0 atom stereocenters. The van der Waals surface area contributed by atoms with E-state index in [1.54, 1.807) is 25.6 Å². The van der Waals surface area contributed by atoms with Crippen molar-refractivity contribution in [3.05, 3.63) is 52.3 Å². The highest BCUT2D eigenvalue weighted by atomic mass is 35.5. The fourth-order valence-electron chi connectivity index (χ4n) is 2.97. The fraction of sp³-hybridized carbons (Fsp3) is 0.458. The number of carbonyl (C=O) groups excluding carboxylic acids is 1. The summed E-state index contributed by atoms with van der Waals surface area (Å²) in [7, 11) is 1.77. The molecule has 0 saturated heterocycles. The molecule has 0 saturated carbocycles. The molecule has 0 fully saturated rings. The molecule has 6 heteroatoms. The van der Waals surface area contributed by atoms with Crippen molar-refractivity contribution < 1.29 is 9.53 Å². The van der Waals surface area contributed by atoms with Gasteiger partial charge < -0.3 is 4.74 Å². The van der Waals surface area contributed by atoms with E-state index < -0.39 is 11.4 Å². The van der Waals surface area contributed by atoms with Crippen LogP contribution in [-0.2, 0) is 22.0 Å². The van der Waals surface area contributed by atoms with Crippen LogP contribution < -0.4 is 0 Å². The van der Waals surface area contributed by atoms with Crippen molar-refractivity contribution in [2.75, 3.05) is 5.88 Å². The van der Waals surface area contributed by atoms with Crippen molar-refractivity contribution in [3.63, 3.8) is 0 Å². The minimum atomic E-state index is -0.898. The van der Waals surface area contributed by atoms with Crippen LogP contribution in [0.3, 0.4) is 0 Å². The summed E-state index contributed by atoms with van der Waals surface area (Å²) in [5.41, 5.74) is 3.45. The summed E-state index contributed by atoms with van der Waals surface area (Å²) in [6, 6.07) is 10.0. The number of esters is 1. The van der Waals surface area contributed by atoms with Gasteiger partial charge in [-0.25, -0.2) is 0 Å². The second kappa shape index (κ2) is 8.65. The number of rotatable bonds is 5. The lowest BCUT2D eigenvalue weighted by Gasteiger charge is -2.22. The molecule has 0 radical (unpaired) electrons. The third-order valence-electron chi connectivity index (χ3n) is 5.20. The third-order valence-corrected chi connectivity index (χ3v) is 5.86. The molecule has 0 amide bonds. The van der Waals surface area contributed by atoms with Crippen LogP contribution in [0.4, 0.5) is 0 Å². The van der Waals surface area contributed by atoms with Gasteiger partial charge in [0.2, 0.25) is 0 Å². The van der Waals surface area contributed by atoms with Crippen LogP contribution in [0.5, 0.6) is 0 Å². The first-order valence-corrected chi connectivity index (χ1v) is 10.4. The first-order valence-electron chi connectivity index (χ1n) is 9.87. The number of ether oxygens (including phenoxy) is 1. The Morgan fingerprint density at radius 3 is 2.13 bits per heavy atom. The van der Waals surface area contributed by atoms with E-state index in [-0.39, 0.29) is 22.6 Å². The molecule has 160 valence electrons. The molecule has 0 aliphatic rings. The standard InChI is InChI=1S/C24H30ClN3O2/c1-15-16(2)27-28(8)20(15)21(30-22(29)24(6,7)14-25)19(13-26)17-9-11-18(12-10-17)23(3,4)5/h9-12H,14H2,1-8H3/b21-19-. The number of aryl methyl sites for hydroxylation is 2. The highest BCUT2D eigenvalue weighted by molar-refractivity contribution is 6.19. The molecular formula is C24H30ClN3O2. The Morgan fingerprint density at radius 1 is 1.17 bits per heavy atom. The molecule has 0 aliphatic carbocycles. The Labute approximate surface area is 184 Å². The summed E-state index contributed by atoms with van der Waals surface area (Å²) in [6.07, 6.45) is 0. The molecule has 1 aromatic heterocycles. The zero-order chi connectivity index (χ0) is 22.9. The SMILES string of the molecule is Cc1nn(C)c(/C(OC(=O)C(C)(C)CCl)=C(\C#N)c2ccc(C(C)(C)C)cc2)c1C. The first-order chi connectivity index (χ1) is 13.8. The zero-order valence-electron chi connectivity index (χ0n) is 19.1. The molecule has 1 heterocycles. The van der Waals surface area contributed by atoms with Gasteiger partial charge in [-0.2, -0.15) is 10.4 Å². The predicted octanol–water partition coefficient (Wildman–Crippen LogP) is 5.53. The third kappa shape index (κ3) is 4.76. The molecule has 0 bridgehead atoms. The van der Waals surface area contributed by atoms with E-state index >= 15 is 0 Å². The number of halogens is 1. The van der Waals surface area contributed by atoms with Crippen LogP contribution in [0.1, 0.15) is 62.7 Å².